The fourth-order valence-electron chi connectivity index (χ4n) is 1.89. The van der Waals surface area contributed by atoms with Crippen molar-refractivity contribution in [2.75, 3.05) is 11.5 Å². The number of hydrogen-bond donors (Lipinski definition) is 1. The average molecular weight is 275 g/mol. The van der Waals surface area contributed by atoms with Crippen LogP contribution in [0.3, 0.4) is 0 Å². The van der Waals surface area contributed by atoms with Crippen LogP contribution in [0.4, 0.5) is 10.1 Å². The second kappa shape index (κ2) is 7.19. The van der Waals surface area contributed by atoms with E-state index in [4.69, 9.17) is 5.73 Å². The molecule has 19 heavy (non-hydrogen) atoms. The second-order valence-corrected chi connectivity index (χ2v) is 5.61. The second-order valence-electron chi connectivity index (χ2n) is 4.47. The number of nitrogens with two attached hydrogens (primary N) is 1. The van der Waals surface area contributed by atoms with Crippen LogP contribution in [0.5, 0.6) is 0 Å². The van der Waals surface area contributed by atoms with E-state index in [2.05, 4.69) is 24.3 Å². The zero-order chi connectivity index (χ0) is 13.5. The van der Waals surface area contributed by atoms with Crippen molar-refractivity contribution in [2.24, 2.45) is 0 Å². The molecule has 0 heterocycles. The van der Waals surface area contributed by atoms with Crippen LogP contribution in [0.25, 0.3) is 0 Å². The van der Waals surface area contributed by atoms with Gasteiger partial charge in [0.15, 0.2) is 0 Å². The van der Waals surface area contributed by atoms with Crippen molar-refractivity contribution >= 4 is 17.4 Å². The van der Waals surface area contributed by atoms with Gasteiger partial charge in [0.1, 0.15) is 5.82 Å². The first-order valence-electron chi connectivity index (χ1n) is 6.47. The largest absolute Gasteiger partial charge is 0.398 e. The Hall–Kier alpha value is -1.48. The zero-order valence-corrected chi connectivity index (χ0v) is 11.6. The predicted molar refractivity (Wildman–Crippen MR) is 80.9 cm³/mol. The van der Waals surface area contributed by atoms with Crippen molar-refractivity contribution in [3.05, 3.63) is 59.9 Å². The molecule has 100 valence electrons. The van der Waals surface area contributed by atoms with Gasteiger partial charge in [-0.1, -0.05) is 30.3 Å². The van der Waals surface area contributed by atoms with Crippen LogP contribution in [-0.4, -0.2) is 5.75 Å². The smallest absolute Gasteiger partial charge is 0.124 e. The molecule has 0 bridgehead atoms. The lowest BCUT2D eigenvalue weighted by atomic mass is 10.1. The van der Waals surface area contributed by atoms with E-state index >= 15 is 0 Å². The van der Waals surface area contributed by atoms with Crippen LogP contribution in [0.15, 0.2) is 53.4 Å². The zero-order valence-electron chi connectivity index (χ0n) is 10.8. The lowest BCUT2D eigenvalue weighted by Crippen LogP contribution is -1.91. The first kappa shape index (κ1) is 13.9. The minimum atomic E-state index is -0.221. The molecule has 0 aliphatic rings. The minimum absolute atomic E-state index is 0.221. The van der Waals surface area contributed by atoms with Crippen LogP contribution in [0, 0.1) is 5.82 Å². The number of anilines is 1. The fraction of sp³-hybridized carbons (Fsp3) is 0.250. The molecule has 0 aliphatic heterocycles. The van der Waals surface area contributed by atoms with Crippen molar-refractivity contribution in [3.8, 4) is 0 Å². The fourth-order valence-corrected chi connectivity index (χ4v) is 2.89. The first-order valence-corrected chi connectivity index (χ1v) is 7.46. The van der Waals surface area contributed by atoms with E-state index < -0.39 is 0 Å². The number of aryl methyl sites for hydroxylation is 1. The molecule has 1 nitrogen and oxygen atoms in total. The SMILES string of the molecule is Nc1ccc(F)cc1SCCCCc1ccccc1. The monoisotopic (exact) mass is 275 g/mol. The molecule has 0 amide bonds. The highest BCUT2D eigenvalue weighted by atomic mass is 32.2. The Morgan fingerprint density at radius 3 is 2.58 bits per heavy atom. The summed E-state index contributed by atoms with van der Waals surface area (Å²) in [6.07, 6.45) is 3.35. The molecule has 2 rings (SSSR count). The Labute approximate surface area is 118 Å². The van der Waals surface area contributed by atoms with E-state index in [0.29, 0.717) is 5.69 Å². The number of hydrogen-bond acceptors (Lipinski definition) is 2. The summed E-state index contributed by atoms with van der Waals surface area (Å²) in [5.41, 5.74) is 7.84. The van der Waals surface area contributed by atoms with Gasteiger partial charge in [0.25, 0.3) is 0 Å². The number of benzene rings is 2. The molecule has 3 heteroatoms. The van der Waals surface area contributed by atoms with Crippen LogP contribution < -0.4 is 5.73 Å². The quantitative estimate of drug-likeness (QED) is 0.476. The molecular formula is C16H18FNS. The van der Waals surface area contributed by atoms with E-state index in [9.17, 15) is 4.39 Å². The standard InChI is InChI=1S/C16H18FNS/c17-14-9-10-15(18)16(12-14)19-11-5-4-8-13-6-2-1-3-7-13/h1-3,6-7,9-10,12H,4-5,8,11,18H2. The van der Waals surface area contributed by atoms with E-state index in [1.807, 2.05) is 6.07 Å². The Morgan fingerprint density at radius 2 is 1.79 bits per heavy atom. The van der Waals surface area contributed by atoms with Crippen molar-refractivity contribution < 1.29 is 4.39 Å². The van der Waals surface area contributed by atoms with Gasteiger partial charge < -0.3 is 5.73 Å². The maximum atomic E-state index is 13.1. The minimum Gasteiger partial charge on any atom is -0.398 e. The summed E-state index contributed by atoms with van der Waals surface area (Å²) in [6, 6.07) is 15.0. The van der Waals surface area contributed by atoms with Gasteiger partial charge in [0.2, 0.25) is 0 Å². The van der Waals surface area contributed by atoms with E-state index in [1.165, 1.54) is 17.7 Å². The molecule has 0 unspecified atom stereocenters. The van der Waals surface area contributed by atoms with Gasteiger partial charge in [0, 0.05) is 10.6 Å². The molecule has 0 fully saturated rings. The van der Waals surface area contributed by atoms with Crippen molar-refractivity contribution in [3.63, 3.8) is 0 Å². The molecule has 0 aliphatic carbocycles. The average Bonchev–Trinajstić information content (AvgIpc) is 2.43. The molecule has 2 aromatic carbocycles. The maximum Gasteiger partial charge on any atom is 0.124 e. The predicted octanol–water partition coefficient (Wildman–Crippen LogP) is 4.52. The number of thioether (sulfide) groups is 1. The first-order chi connectivity index (χ1) is 9.25. The van der Waals surface area contributed by atoms with Crippen molar-refractivity contribution in [1.29, 1.82) is 0 Å². The highest BCUT2D eigenvalue weighted by Gasteiger charge is 2.01. The third-order valence-corrected chi connectivity index (χ3v) is 4.09. The summed E-state index contributed by atoms with van der Waals surface area (Å²) < 4.78 is 13.1. The Morgan fingerprint density at radius 1 is 1.00 bits per heavy atom. The number of rotatable bonds is 6. The van der Waals surface area contributed by atoms with Crippen LogP contribution in [-0.2, 0) is 6.42 Å². The van der Waals surface area contributed by atoms with Gasteiger partial charge in [-0.2, -0.15) is 0 Å². The number of unbranched alkanes of at least 4 members (excludes halogenated alkanes) is 1. The summed E-state index contributed by atoms with van der Waals surface area (Å²) in [5.74, 6) is 0.751. The Bertz CT molecular complexity index is 513. The Kier molecular flexibility index (Phi) is 5.28. The van der Waals surface area contributed by atoms with Gasteiger partial charge >= 0.3 is 0 Å². The molecule has 0 aromatic heterocycles. The molecule has 2 aromatic rings. The highest BCUT2D eigenvalue weighted by Crippen LogP contribution is 2.26. The summed E-state index contributed by atoms with van der Waals surface area (Å²) in [4.78, 5) is 0.847. The lowest BCUT2D eigenvalue weighted by Gasteiger charge is -2.05. The van der Waals surface area contributed by atoms with Crippen LogP contribution in [0.1, 0.15) is 18.4 Å². The summed E-state index contributed by atoms with van der Waals surface area (Å²) in [7, 11) is 0. The lowest BCUT2D eigenvalue weighted by molar-refractivity contribution is 0.624. The molecule has 0 atom stereocenters. The van der Waals surface area contributed by atoms with Crippen molar-refractivity contribution in [2.45, 2.75) is 24.2 Å². The third-order valence-electron chi connectivity index (χ3n) is 2.94. The molecule has 2 N–H and O–H groups in total. The van der Waals surface area contributed by atoms with Crippen LogP contribution in [0.2, 0.25) is 0 Å². The molecule has 0 spiro atoms. The normalized spacial score (nSPS) is 10.6. The van der Waals surface area contributed by atoms with E-state index in [-0.39, 0.29) is 5.82 Å². The van der Waals surface area contributed by atoms with Crippen molar-refractivity contribution in [1.82, 2.24) is 0 Å². The summed E-state index contributed by atoms with van der Waals surface area (Å²) >= 11 is 1.63. The molecule has 0 saturated carbocycles. The highest BCUT2D eigenvalue weighted by molar-refractivity contribution is 7.99. The topological polar surface area (TPSA) is 26.0 Å². The summed E-state index contributed by atoms with van der Waals surface area (Å²) in [6.45, 7) is 0. The number of nitrogen functional groups attached to an aromatic ring is 1. The van der Waals surface area contributed by atoms with E-state index in [1.54, 1.807) is 17.8 Å². The molecule has 0 radical (unpaired) electrons. The summed E-state index contributed by atoms with van der Waals surface area (Å²) in [5, 5.41) is 0. The van der Waals surface area contributed by atoms with Gasteiger partial charge in [-0.25, -0.2) is 4.39 Å². The van der Waals surface area contributed by atoms with Gasteiger partial charge in [-0.15, -0.1) is 11.8 Å². The molecular weight excluding hydrogens is 257 g/mol. The van der Waals surface area contributed by atoms with Gasteiger partial charge in [-0.05, 0) is 48.8 Å². The Balaban J connectivity index is 1.71. The maximum absolute atomic E-state index is 13.1. The van der Waals surface area contributed by atoms with Gasteiger partial charge in [0.05, 0.1) is 0 Å². The van der Waals surface area contributed by atoms with Crippen LogP contribution >= 0.6 is 11.8 Å². The van der Waals surface area contributed by atoms with E-state index in [0.717, 1.165) is 29.9 Å². The van der Waals surface area contributed by atoms with Gasteiger partial charge in [-0.3, -0.25) is 0 Å². The number of halogens is 1. The molecule has 0 saturated heterocycles. The third kappa shape index (κ3) is 4.60.